The molecule has 0 aliphatic heterocycles. The first kappa shape index (κ1) is 22.6. The second kappa shape index (κ2) is 8.76. The van der Waals surface area contributed by atoms with E-state index in [0.29, 0.717) is 0 Å². The third-order valence-electron chi connectivity index (χ3n) is 7.75. The van der Waals surface area contributed by atoms with Crippen molar-refractivity contribution < 1.29 is 0 Å². The largest absolute Gasteiger partial charge is 0.0561 e. The van der Waals surface area contributed by atoms with E-state index in [1.165, 1.54) is 75.3 Å². The number of aryl methyl sites for hydroxylation is 2. The van der Waals surface area contributed by atoms with E-state index in [-0.39, 0.29) is 10.8 Å². The molecule has 0 radical (unpaired) electrons. The molecule has 0 unspecified atom stereocenters. The molecule has 2 bridgehead atoms. The van der Waals surface area contributed by atoms with Crippen LogP contribution < -0.4 is 0 Å². The minimum atomic E-state index is 0.209. The molecule has 0 saturated heterocycles. The number of hydrogen-bond acceptors (Lipinski definition) is 0. The fraction of sp³-hybridized carbons (Fsp3) is 0.613. The van der Waals surface area contributed by atoms with Crippen molar-refractivity contribution >= 4 is 0 Å². The predicted molar refractivity (Wildman–Crippen MR) is 136 cm³/mol. The summed E-state index contributed by atoms with van der Waals surface area (Å²) in [6.45, 7) is 14.3. The van der Waals surface area contributed by atoms with E-state index in [4.69, 9.17) is 0 Å². The van der Waals surface area contributed by atoms with E-state index in [1.807, 2.05) is 0 Å². The SMILES string of the molecule is CC(C)(C)c1cc2c3c(c1)Cc1cc(C(C)(C)C)cc(c1CC3)CCCCCCCC2. The summed E-state index contributed by atoms with van der Waals surface area (Å²) in [4.78, 5) is 0. The molecular weight excluding hydrogens is 372 g/mol. The van der Waals surface area contributed by atoms with Gasteiger partial charge in [0.1, 0.15) is 0 Å². The number of hydrogen-bond donors (Lipinski definition) is 0. The fourth-order valence-corrected chi connectivity index (χ4v) is 5.66. The summed E-state index contributed by atoms with van der Waals surface area (Å²) in [6, 6.07) is 10.3. The maximum Gasteiger partial charge on any atom is -0.00199 e. The molecule has 0 nitrogen and oxygen atoms in total. The third-order valence-corrected chi connectivity index (χ3v) is 7.75. The molecule has 0 heterocycles. The van der Waals surface area contributed by atoms with Gasteiger partial charge in [-0.1, -0.05) is 91.5 Å². The molecule has 0 fully saturated rings. The van der Waals surface area contributed by atoms with E-state index in [2.05, 4.69) is 65.8 Å². The molecule has 2 aromatic carbocycles. The van der Waals surface area contributed by atoms with Gasteiger partial charge in [-0.3, -0.25) is 0 Å². The van der Waals surface area contributed by atoms with Crippen LogP contribution in [0, 0.1) is 0 Å². The van der Waals surface area contributed by atoms with Crippen molar-refractivity contribution in [3.8, 4) is 0 Å². The van der Waals surface area contributed by atoms with Crippen LogP contribution in [-0.2, 0) is 42.9 Å². The zero-order valence-corrected chi connectivity index (χ0v) is 21.1. The smallest absolute Gasteiger partial charge is 0.00199 e. The number of fused-ring (bicyclic) bond motifs is 1. The first-order chi connectivity index (χ1) is 14.6. The highest BCUT2D eigenvalue weighted by atomic mass is 14.3. The first-order valence-electron chi connectivity index (χ1n) is 12.9. The molecule has 0 amide bonds. The van der Waals surface area contributed by atoms with Gasteiger partial charge in [-0.25, -0.2) is 0 Å². The maximum atomic E-state index is 2.57. The summed E-state index contributed by atoms with van der Waals surface area (Å²) in [7, 11) is 0. The van der Waals surface area contributed by atoms with Crippen molar-refractivity contribution in [1.29, 1.82) is 0 Å². The van der Waals surface area contributed by atoms with E-state index < -0.39 is 0 Å². The Bertz CT molecular complexity index is 852. The summed E-state index contributed by atoms with van der Waals surface area (Å²) >= 11 is 0. The molecule has 0 atom stereocenters. The van der Waals surface area contributed by atoms with Crippen LogP contribution in [0.4, 0.5) is 0 Å². The molecule has 2 aliphatic carbocycles. The van der Waals surface area contributed by atoms with Crippen LogP contribution in [0.5, 0.6) is 0 Å². The Hall–Kier alpha value is -1.56. The second-order valence-corrected chi connectivity index (χ2v) is 12.3. The van der Waals surface area contributed by atoms with Crippen LogP contribution in [0.15, 0.2) is 24.3 Å². The lowest BCUT2D eigenvalue weighted by Gasteiger charge is -2.24. The predicted octanol–water partition coefficient (Wildman–Crippen LogP) is 8.41. The molecule has 0 aromatic heterocycles. The minimum absolute atomic E-state index is 0.209. The van der Waals surface area contributed by atoms with Gasteiger partial charge in [-0.05, 0) is 100 Å². The zero-order valence-electron chi connectivity index (χ0n) is 21.1. The zero-order chi connectivity index (χ0) is 22.2. The Morgan fingerprint density at radius 2 is 0.806 bits per heavy atom. The molecule has 4 rings (SSSR count). The van der Waals surface area contributed by atoms with Crippen molar-refractivity contribution in [2.75, 3.05) is 0 Å². The second-order valence-electron chi connectivity index (χ2n) is 12.3. The van der Waals surface area contributed by atoms with Gasteiger partial charge in [0.2, 0.25) is 0 Å². The van der Waals surface area contributed by atoms with Crippen molar-refractivity contribution in [2.45, 2.75) is 123 Å². The Kier molecular flexibility index (Phi) is 6.39. The van der Waals surface area contributed by atoms with Gasteiger partial charge in [-0.15, -0.1) is 0 Å². The lowest BCUT2D eigenvalue weighted by molar-refractivity contribution is 0.579. The summed E-state index contributed by atoms with van der Waals surface area (Å²) < 4.78 is 0. The van der Waals surface area contributed by atoms with Crippen LogP contribution in [0.1, 0.15) is 125 Å². The van der Waals surface area contributed by atoms with Crippen LogP contribution in [0.2, 0.25) is 0 Å². The highest BCUT2D eigenvalue weighted by Crippen LogP contribution is 2.36. The standard InChI is InChI=1S/C31H44/c1-30(2,3)26-18-22-13-11-9-7-8-10-12-14-23-19-27(31(4,5)6)21-25-17-24(20-26)28(22)15-16-29(23)25/h18-21H,7-17H2,1-6H3. The fourth-order valence-electron chi connectivity index (χ4n) is 5.66. The quantitative estimate of drug-likeness (QED) is 0.404. The number of benzene rings is 2. The van der Waals surface area contributed by atoms with Gasteiger partial charge in [0.15, 0.2) is 0 Å². The molecule has 0 heteroatoms. The van der Waals surface area contributed by atoms with Gasteiger partial charge in [0.05, 0.1) is 0 Å². The van der Waals surface area contributed by atoms with E-state index in [0.717, 1.165) is 6.42 Å². The van der Waals surface area contributed by atoms with Gasteiger partial charge in [0, 0.05) is 0 Å². The average Bonchev–Trinajstić information content (AvgIpc) is 2.87. The van der Waals surface area contributed by atoms with Gasteiger partial charge in [-0.2, -0.15) is 0 Å². The monoisotopic (exact) mass is 416 g/mol. The molecule has 0 saturated carbocycles. The van der Waals surface area contributed by atoms with E-state index >= 15 is 0 Å². The highest BCUT2D eigenvalue weighted by Gasteiger charge is 2.25. The lowest BCUT2D eigenvalue weighted by Crippen LogP contribution is -2.14. The Labute approximate surface area is 191 Å². The Balaban J connectivity index is 1.88. The molecular formula is C31H44. The van der Waals surface area contributed by atoms with Crippen molar-refractivity contribution in [2.24, 2.45) is 0 Å². The molecule has 31 heavy (non-hydrogen) atoms. The maximum absolute atomic E-state index is 2.57. The number of rotatable bonds is 0. The summed E-state index contributed by atoms with van der Waals surface area (Å²) in [6.07, 6.45) is 14.4. The van der Waals surface area contributed by atoms with Crippen molar-refractivity contribution in [1.82, 2.24) is 0 Å². The van der Waals surface area contributed by atoms with Crippen molar-refractivity contribution in [3.63, 3.8) is 0 Å². The van der Waals surface area contributed by atoms with Crippen molar-refractivity contribution in [3.05, 3.63) is 68.8 Å². The Morgan fingerprint density at radius 1 is 0.452 bits per heavy atom. The highest BCUT2D eigenvalue weighted by molar-refractivity contribution is 5.51. The van der Waals surface area contributed by atoms with Crippen LogP contribution in [0.25, 0.3) is 0 Å². The molecule has 168 valence electrons. The van der Waals surface area contributed by atoms with Gasteiger partial charge in [0.25, 0.3) is 0 Å². The van der Waals surface area contributed by atoms with E-state index in [1.54, 1.807) is 33.4 Å². The van der Waals surface area contributed by atoms with Crippen LogP contribution in [-0.4, -0.2) is 0 Å². The summed E-state index contributed by atoms with van der Waals surface area (Å²) in [5.41, 5.74) is 13.4. The molecule has 0 N–H and O–H groups in total. The van der Waals surface area contributed by atoms with E-state index in [9.17, 15) is 0 Å². The molecule has 2 aliphatic rings. The summed E-state index contributed by atoms with van der Waals surface area (Å²) in [5.74, 6) is 0. The topological polar surface area (TPSA) is 0 Å². The molecule has 2 aromatic rings. The van der Waals surface area contributed by atoms with Crippen LogP contribution in [0.3, 0.4) is 0 Å². The first-order valence-corrected chi connectivity index (χ1v) is 12.9. The third kappa shape index (κ3) is 5.10. The van der Waals surface area contributed by atoms with Crippen LogP contribution >= 0.6 is 0 Å². The van der Waals surface area contributed by atoms with Gasteiger partial charge >= 0.3 is 0 Å². The minimum Gasteiger partial charge on any atom is -0.0561 e. The summed E-state index contributed by atoms with van der Waals surface area (Å²) in [5, 5.41) is 0. The van der Waals surface area contributed by atoms with Gasteiger partial charge < -0.3 is 0 Å². The average molecular weight is 417 g/mol. The normalized spacial score (nSPS) is 17.9. The Morgan fingerprint density at radius 3 is 1.19 bits per heavy atom. The lowest BCUT2D eigenvalue weighted by atomic mass is 9.80. The molecule has 0 spiro atoms.